The first-order chi connectivity index (χ1) is 13.5. The highest BCUT2D eigenvalue weighted by Gasteiger charge is 2.33. The first kappa shape index (κ1) is 17.1. The van der Waals surface area contributed by atoms with Gasteiger partial charge in [-0.1, -0.05) is 28.1 Å². The molecule has 140 valence electrons. The number of hydrogen-bond acceptors (Lipinski definition) is 5. The predicted molar refractivity (Wildman–Crippen MR) is 107 cm³/mol. The zero-order valence-electron chi connectivity index (χ0n) is 15.2. The van der Waals surface area contributed by atoms with Gasteiger partial charge in [-0.05, 0) is 43.7 Å². The molecule has 0 spiro atoms. The number of carbonyl (C=O) groups is 1. The quantitative estimate of drug-likeness (QED) is 0.519. The number of rotatable bonds is 2. The molecule has 1 aliphatic rings. The van der Waals surface area contributed by atoms with Gasteiger partial charge in [0.15, 0.2) is 17.3 Å². The molecule has 0 saturated heterocycles. The van der Waals surface area contributed by atoms with E-state index in [1.54, 1.807) is 9.20 Å². The van der Waals surface area contributed by atoms with E-state index in [1.165, 1.54) is 0 Å². The van der Waals surface area contributed by atoms with Crippen LogP contribution in [0.25, 0.3) is 11.5 Å². The Balaban J connectivity index is 1.68. The minimum Gasteiger partial charge on any atom is -0.310 e. The number of aryl methyl sites for hydroxylation is 2. The average molecular weight is 438 g/mol. The van der Waals surface area contributed by atoms with Gasteiger partial charge in [-0.2, -0.15) is 14.3 Å². The Kier molecular flexibility index (Phi) is 3.80. The fourth-order valence-electron chi connectivity index (χ4n) is 3.69. The van der Waals surface area contributed by atoms with Crippen LogP contribution in [0.4, 0.5) is 5.82 Å². The van der Waals surface area contributed by atoms with E-state index >= 15 is 0 Å². The highest BCUT2D eigenvalue weighted by Crippen LogP contribution is 2.40. The van der Waals surface area contributed by atoms with Crippen LogP contribution in [-0.4, -0.2) is 35.5 Å². The normalized spacial score (nSPS) is 16.2. The fourth-order valence-corrected chi connectivity index (χ4v) is 3.96. The third kappa shape index (κ3) is 2.62. The number of anilines is 1. The number of aromatic nitrogens is 6. The summed E-state index contributed by atoms with van der Waals surface area (Å²) in [6.07, 6.45) is 0.387. The number of carbonyl (C=O) groups excluding carboxylic acids is 1. The van der Waals surface area contributed by atoms with Crippen molar-refractivity contribution in [3.63, 3.8) is 0 Å². The topological polar surface area (TPSA) is 90.0 Å². The summed E-state index contributed by atoms with van der Waals surface area (Å²) < 4.78 is 4.35. The zero-order chi connectivity index (χ0) is 19.4. The number of fused-ring (bicyclic) bond motifs is 2. The molecule has 1 amide bonds. The number of halogens is 1. The van der Waals surface area contributed by atoms with Crippen molar-refractivity contribution in [2.24, 2.45) is 0 Å². The van der Waals surface area contributed by atoms with E-state index in [-0.39, 0.29) is 11.8 Å². The lowest BCUT2D eigenvalue weighted by molar-refractivity contribution is -0.116. The van der Waals surface area contributed by atoms with Crippen LogP contribution < -0.4 is 5.32 Å². The highest BCUT2D eigenvalue weighted by atomic mass is 79.9. The van der Waals surface area contributed by atoms with E-state index in [1.807, 2.05) is 50.2 Å². The fraction of sp³-hybridized carbons (Fsp3) is 0.211. The van der Waals surface area contributed by atoms with Gasteiger partial charge in [-0.25, -0.2) is 0 Å². The SMILES string of the molecule is Cc1nn(-c2ccc3nnc(C)n3n2)c2c1[C@@H](c1ccc(Br)cc1)CC(=O)N2. The second-order valence-electron chi connectivity index (χ2n) is 6.82. The van der Waals surface area contributed by atoms with Crippen LogP contribution in [-0.2, 0) is 4.79 Å². The van der Waals surface area contributed by atoms with Crippen molar-refractivity contribution in [3.8, 4) is 5.82 Å². The van der Waals surface area contributed by atoms with E-state index in [4.69, 9.17) is 0 Å². The lowest BCUT2D eigenvalue weighted by atomic mass is 9.86. The molecule has 0 radical (unpaired) electrons. The third-order valence-corrected chi connectivity index (χ3v) is 5.53. The summed E-state index contributed by atoms with van der Waals surface area (Å²) in [7, 11) is 0. The third-order valence-electron chi connectivity index (χ3n) is 5.00. The van der Waals surface area contributed by atoms with E-state index < -0.39 is 0 Å². The molecular weight excluding hydrogens is 422 g/mol. The summed E-state index contributed by atoms with van der Waals surface area (Å²) in [5, 5.41) is 20.4. The predicted octanol–water partition coefficient (Wildman–Crippen LogP) is 3.16. The van der Waals surface area contributed by atoms with Crippen LogP contribution in [0.2, 0.25) is 0 Å². The molecule has 4 heterocycles. The molecule has 1 N–H and O–H groups in total. The van der Waals surface area contributed by atoms with Crippen molar-refractivity contribution in [2.45, 2.75) is 26.2 Å². The molecule has 9 heteroatoms. The Hall–Kier alpha value is -3.07. The molecule has 0 aliphatic carbocycles. The average Bonchev–Trinajstić information content (AvgIpc) is 3.22. The number of amides is 1. The second kappa shape index (κ2) is 6.23. The molecule has 1 aliphatic heterocycles. The van der Waals surface area contributed by atoms with Gasteiger partial charge in [-0.15, -0.1) is 15.3 Å². The Labute approximate surface area is 168 Å². The molecule has 1 atom stereocenters. The van der Waals surface area contributed by atoms with Gasteiger partial charge in [0, 0.05) is 22.4 Å². The van der Waals surface area contributed by atoms with Crippen LogP contribution in [0, 0.1) is 13.8 Å². The Morgan fingerprint density at radius 3 is 2.64 bits per heavy atom. The first-order valence-electron chi connectivity index (χ1n) is 8.85. The molecule has 5 rings (SSSR count). The van der Waals surface area contributed by atoms with Gasteiger partial charge in [0.1, 0.15) is 5.82 Å². The monoisotopic (exact) mass is 437 g/mol. The lowest BCUT2D eigenvalue weighted by Crippen LogP contribution is -2.25. The molecule has 0 unspecified atom stereocenters. The highest BCUT2D eigenvalue weighted by molar-refractivity contribution is 9.10. The molecule has 0 saturated carbocycles. The smallest absolute Gasteiger partial charge is 0.226 e. The Bertz CT molecular complexity index is 1230. The molecule has 28 heavy (non-hydrogen) atoms. The summed E-state index contributed by atoms with van der Waals surface area (Å²) >= 11 is 3.47. The first-order valence-corrected chi connectivity index (χ1v) is 9.65. The van der Waals surface area contributed by atoms with Crippen LogP contribution in [0.5, 0.6) is 0 Å². The maximum absolute atomic E-state index is 12.5. The number of hydrogen-bond donors (Lipinski definition) is 1. The van der Waals surface area contributed by atoms with Gasteiger partial charge >= 0.3 is 0 Å². The minimum absolute atomic E-state index is 0.0388. The largest absolute Gasteiger partial charge is 0.310 e. The van der Waals surface area contributed by atoms with E-state index in [0.29, 0.717) is 29.5 Å². The molecule has 0 bridgehead atoms. The molecule has 8 nitrogen and oxygen atoms in total. The van der Waals surface area contributed by atoms with Crippen molar-refractivity contribution in [1.82, 2.24) is 29.6 Å². The van der Waals surface area contributed by atoms with Gasteiger partial charge in [0.2, 0.25) is 5.91 Å². The number of nitrogens with zero attached hydrogens (tertiary/aromatic N) is 6. The van der Waals surface area contributed by atoms with E-state index in [0.717, 1.165) is 21.3 Å². The van der Waals surface area contributed by atoms with E-state index in [2.05, 4.69) is 41.6 Å². The molecule has 3 aromatic heterocycles. The van der Waals surface area contributed by atoms with Crippen molar-refractivity contribution in [2.75, 3.05) is 5.32 Å². The molecule has 1 aromatic carbocycles. The summed E-state index contributed by atoms with van der Waals surface area (Å²) in [5.41, 5.74) is 3.63. The van der Waals surface area contributed by atoms with Gasteiger partial charge in [0.05, 0.1) is 5.69 Å². The van der Waals surface area contributed by atoms with Crippen molar-refractivity contribution in [1.29, 1.82) is 0 Å². The number of nitrogens with one attached hydrogen (secondary N) is 1. The van der Waals surface area contributed by atoms with Gasteiger partial charge < -0.3 is 5.32 Å². The number of benzene rings is 1. The van der Waals surface area contributed by atoms with Gasteiger partial charge in [-0.3, -0.25) is 4.79 Å². The standard InChI is InChI=1S/C19H16BrN7O/c1-10-18-14(12-3-5-13(20)6-4-12)9-17(28)21-19(18)27(24-10)16-8-7-15-23-22-11(2)26(15)25-16/h3-8,14H,9H2,1-2H3,(H,21,28)/t14-/m1/s1. The van der Waals surface area contributed by atoms with E-state index in [9.17, 15) is 4.79 Å². The Morgan fingerprint density at radius 1 is 1.07 bits per heavy atom. The summed E-state index contributed by atoms with van der Waals surface area (Å²) in [4.78, 5) is 12.5. The van der Waals surface area contributed by atoms with Crippen molar-refractivity contribution < 1.29 is 4.79 Å². The van der Waals surface area contributed by atoms with Crippen LogP contribution >= 0.6 is 15.9 Å². The van der Waals surface area contributed by atoms with Gasteiger partial charge in [0.25, 0.3) is 0 Å². The second-order valence-corrected chi connectivity index (χ2v) is 7.74. The van der Waals surface area contributed by atoms with Crippen LogP contribution in [0.1, 0.15) is 35.0 Å². The summed E-state index contributed by atoms with van der Waals surface area (Å²) in [5.74, 6) is 1.86. The minimum atomic E-state index is -0.0500. The Morgan fingerprint density at radius 2 is 1.86 bits per heavy atom. The summed E-state index contributed by atoms with van der Waals surface area (Å²) in [6, 6.07) is 11.7. The summed E-state index contributed by atoms with van der Waals surface area (Å²) in [6.45, 7) is 3.80. The van der Waals surface area contributed by atoms with Crippen LogP contribution in [0.3, 0.4) is 0 Å². The molecular formula is C19H16BrN7O. The molecule has 4 aromatic rings. The van der Waals surface area contributed by atoms with Crippen molar-refractivity contribution >= 4 is 33.3 Å². The maximum atomic E-state index is 12.5. The zero-order valence-corrected chi connectivity index (χ0v) is 16.8. The van der Waals surface area contributed by atoms with Crippen LogP contribution in [0.15, 0.2) is 40.9 Å². The maximum Gasteiger partial charge on any atom is 0.226 e. The lowest BCUT2D eigenvalue weighted by Gasteiger charge is -2.24. The van der Waals surface area contributed by atoms with Crippen molar-refractivity contribution in [3.05, 3.63) is 63.5 Å². The molecule has 0 fully saturated rings.